The summed E-state index contributed by atoms with van der Waals surface area (Å²) in [6.07, 6.45) is 0. The molecule has 106 valence electrons. The van der Waals surface area contributed by atoms with Crippen molar-refractivity contribution in [2.24, 2.45) is 0 Å². The number of fused-ring (bicyclic) bond motifs is 1. The van der Waals surface area contributed by atoms with E-state index in [-0.39, 0.29) is 5.78 Å². The Kier molecular flexibility index (Phi) is 3.76. The molecule has 0 amide bonds. The summed E-state index contributed by atoms with van der Waals surface area (Å²) in [4.78, 5) is 11.5. The van der Waals surface area contributed by atoms with E-state index >= 15 is 0 Å². The van der Waals surface area contributed by atoms with Gasteiger partial charge in [-0.3, -0.25) is 4.79 Å². The predicted molar refractivity (Wildman–Crippen MR) is 86.3 cm³/mol. The van der Waals surface area contributed by atoms with Crippen molar-refractivity contribution >= 4 is 31.3 Å². The molecule has 0 fully saturated rings. The number of hydrogen-bond donors (Lipinski definition) is 0. The highest BCUT2D eigenvalue weighted by molar-refractivity contribution is 7.27. The quantitative estimate of drug-likeness (QED) is 0.544. The minimum Gasteiger partial charge on any atom is -0.488 e. The zero-order valence-electron chi connectivity index (χ0n) is 11.6. The molecule has 0 saturated carbocycles. The first kappa shape index (κ1) is 13.8. The van der Waals surface area contributed by atoms with Crippen molar-refractivity contribution in [3.8, 4) is 5.75 Å². The van der Waals surface area contributed by atoms with Gasteiger partial charge in [0.1, 0.15) is 17.9 Å². The Hall–Kier alpha value is -2.12. The minimum absolute atomic E-state index is 0.0921. The van der Waals surface area contributed by atoms with Gasteiger partial charge in [0.15, 0.2) is 11.5 Å². The van der Waals surface area contributed by atoms with Gasteiger partial charge in [0.2, 0.25) is 0 Å². The third-order valence-corrected chi connectivity index (χ3v) is 3.54. The monoisotopic (exact) mass is 298 g/mol. The fourth-order valence-electron chi connectivity index (χ4n) is 2.16. The average Bonchev–Trinajstić information content (AvgIpc) is 2.90. The SMILES string of the molecule is CC(=O)c1cc2c(OCc3ccccc3)cc(P)cc2o1. The Morgan fingerprint density at radius 1 is 1.19 bits per heavy atom. The van der Waals surface area contributed by atoms with Gasteiger partial charge in [-0.05, 0) is 29.1 Å². The summed E-state index contributed by atoms with van der Waals surface area (Å²) >= 11 is 0. The highest BCUT2D eigenvalue weighted by atomic mass is 31.0. The molecule has 0 saturated heterocycles. The molecule has 4 heteroatoms. The van der Waals surface area contributed by atoms with Gasteiger partial charge < -0.3 is 9.15 Å². The Morgan fingerprint density at radius 3 is 2.67 bits per heavy atom. The maximum atomic E-state index is 11.5. The number of ketones is 1. The van der Waals surface area contributed by atoms with Crippen LogP contribution in [0.1, 0.15) is 23.0 Å². The lowest BCUT2D eigenvalue weighted by Crippen LogP contribution is -1.98. The highest BCUT2D eigenvalue weighted by Gasteiger charge is 2.13. The fraction of sp³-hybridized carbons (Fsp3) is 0.118. The number of ether oxygens (including phenoxy) is 1. The zero-order valence-corrected chi connectivity index (χ0v) is 12.8. The molecule has 3 nitrogen and oxygen atoms in total. The molecule has 0 spiro atoms. The van der Waals surface area contributed by atoms with E-state index in [4.69, 9.17) is 9.15 Å². The van der Waals surface area contributed by atoms with Gasteiger partial charge in [-0.2, -0.15) is 0 Å². The molecule has 21 heavy (non-hydrogen) atoms. The first-order valence-corrected chi connectivity index (χ1v) is 7.22. The van der Waals surface area contributed by atoms with Crippen LogP contribution in [-0.4, -0.2) is 5.78 Å². The van der Waals surface area contributed by atoms with E-state index in [9.17, 15) is 4.79 Å². The second kappa shape index (κ2) is 5.71. The fourth-order valence-corrected chi connectivity index (χ4v) is 2.46. The smallest absolute Gasteiger partial charge is 0.194 e. The molecule has 0 N–H and O–H groups in total. The summed E-state index contributed by atoms with van der Waals surface area (Å²) < 4.78 is 11.5. The van der Waals surface area contributed by atoms with Gasteiger partial charge in [-0.1, -0.05) is 30.3 Å². The third kappa shape index (κ3) is 2.98. The molecule has 2 aromatic carbocycles. The number of Topliss-reactive ketones (excluding diaryl/α,β-unsaturated/α-hetero) is 1. The van der Waals surface area contributed by atoms with Crippen molar-refractivity contribution in [2.45, 2.75) is 13.5 Å². The predicted octanol–water partition coefficient (Wildman–Crippen LogP) is 3.71. The van der Waals surface area contributed by atoms with Gasteiger partial charge in [0, 0.05) is 6.92 Å². The maximum absolute atomic E-state index is 11.5. The lowest BCUT2D eigenvalue weighted by Gasteiger charge is -2.08. The summed E-state index contributed by atoms with van der Waals surface area (Å²) in [6.45, 7) is 1.97. The van der Waals surface area contributed by atoms with Crippen molar-refractivity contribution in [3.05, 3.63) is 59.9 Å². The second-order valence-corrected chi connectivity index (χ2v) is 5.54. The summed E-state index contributed by atoms with van der Waals surface area (Å²) in [5.74, 6) is 0.980. The summed E-state index contributed by atoms with van der Waals surface area (Å²) in [5, 5.41) is 1.78. The molecule has 1 aromatic heterocycles. The highest BCUT2D eigenvalue weighted by Crippen LogP contribution is 2.29. The van der Waals surface area contributed by atoms with E-state index < -0.39 is 0 Å². The standard InChI is InChI=1S/C17H15O3P/c1-11(18)15-9-14-16(7-13(21)8-17(14)20-15)19-10-12-5-3-2-4-6-12/h2-9H,10,21H2,1H3. The van der Waals surface area contributed by atoms with Crippen molar-refractivity contribution in [3.63, 3.8) is 0 Å². The van der Waals surface area contributed by atoms with Crippen LogP contribution in [0.4, 0.5) is 0 Å². The van der Waals surface area contributed by atoms with Crippen LogP contribution in [0.15, 0.2) is 52.9 Å². The van der Waals surface area contributed by atoms with Crippen LogP contribution in [0.2, 0.25) is 0 Å². The van der Waals surface area contributed by atoms with E-state index in [1.807, 2.05) is 42.5 Å². The van der Waals surface area contributed by atoms with Crippen molar-refractivity contribution < 1.29 is 13.9 Å². The van der Waals surface area contributed by atoms with Crippen LogP contribution in [0.3, 0.4) is 0 Å². The molecule has 1 unspecified atom stereocenters. The molecule has 0 aliphatic heterocycles. The molecule has 3 aromatic rings. The first-order chi connectivity index (χ1) is 10.1. The summed E-state index contributed by atoms with van der Waals surface area (Å²) in [6, 6.07) is 15.5. The largest absolute Gasteiger partial charge is 0.488 e. The lowest BCUT2D eigenvalue weighted by molar-refractivity contribution is 0.0989. The Balaban J connectivity index is 1.95. The lowest BCUT2D eigenvalue weighted by atomic mass is 10.2. The van der Waals surface area contributed by atoms with Gasteiger partial charge in [0.05, 0.1) is 5.39 Å². The van der Waals surface area contributed by atoms with E-state index in [1.54, 1.807) is 6.07 Å². The molecule has 0 aliphatic carbocycles. The molecule has 1 atom stereocenters. The van der Waals surface area contributed by atoms with Crippen LogP contribution in [0, 0.1) is 0 Å². The van der Waals surface area contributed by atoms with Crippen LogP contribution in [0.5, 0.6) is 5.75 Å². The minimum atomic E-state index is -0.0921. The van der Waals surface area contributed by atoms with Crippen LogP contribution >= 0.6 is 9.24 Å². The number of furan rings is 1. The van der Waals surface area contributed by atoms with Crippen LogP contribution < -0.4 is 10.0 Å². The van der Waals surface area contributed by atoms with E-state index in [0.29, 0.717) is 18.0 Å². The molecular formula is C17H15O3P. The van der Waals surface area contributed by atoms with Gasteiger partial charge in [-0.15, -0.1) is 9.24 Å². The number of carbonyl (C=O) groups is 1. The summed E-state index contributed by atoms with van der Waals surface area (Å²) in [7, 11) is 2.62. The van der Waals surface area contributed by atoms with Gasteiger partial charge in [-0.25, -0.2) is 0 Å². The molecule has 3 rings (SSSR count). The maximum Gasteiger partial charge on any atom is 0.194 e. The van der Waals surface area contributed by atoms with Crippen molar-refractivity contribution in [1.29, 1.82) is 0 Å². The Labute approximate surface area is 125 Å². The van der Waals surface area contributed by atoms with Crippen molar-refractivity contribution in [2.75, 3.05) is 0 Å². The third-order valence-electron chi connectivity index (χ3n) is 3.21. The molecule has 1 heterocycles. The molecule has 0 bridgehead atoms. The number of hydrogen-bond acceptors (Lipinski definition) is 3. The van der Waals surface area contributed by atoms with Gasteiger partial charge in [0.25, 0.3) is 0 Å². The van der Waals surface area contributed by atoms with Gasteiger partial charge >= 0.3 is 0 Å². The normalized spacial score (nSPS) is 10.8. The average molecular weight is 298 g/mol. The number of benzene rings is 2. The number of rotatable bonds is 4. The van der Waals surface area contributed by atoms with E-state index in [1.165, 1.54) is 6.92 Å². The molecule has 0 aliphatic rings. The number of carbonyl (C=O) groups excluding carboxylic acids is 1. The molecule has 0 radical (unpaired) electrons. The summed E-state index contributed by atoms with van der Waals surface area (Å²) in [5.41, 5.74) is 1.76. The van der Waals surface area contributed by atoms with Crippen molar-refractivity contribution in [1.82, 2.24) is 0 Å². The van der Waals surface area contributed by atoms with Crippen LogP contribution in [0.25, 0.3) is 11.0 Å². The second-order valence-electron chi connectivity index (χ2n) is 4.87. The molecular weight excluding hydrogens is 283 g/mol. The van der Waals surface area contributed by atoms with E-state index in [0.717, 1.165) is 22.0 Å². The Bertz CT molecular complexity index is 790. The zero-order chi connectivity index (χ0) is 14.8. The Morgan fingerprint density at radius 2 is 1.95 bits per heavy atom. The first-order valence-electron chi connectivity index (χ1n) is 6.64. The van der Waals surface area contributed by atoms with E-state index in [2.05, 4.69) is 9.24 Å². The topological polar surface area (TPSA) is 39.4 Å². The van der Waals surface area contributed by atoms with Crippen LogP contribution in [-0.2, 0) is 6.61 Å².